The highest BCUT2D eigenvalue weighted by atomic mass is 15.2. The van der Waals surface area contributed by atoms with Crippen LogP contribution >= 0.6 is 0 Å². The van der Waals surface area contributed by atoms with Crippen LogP contribution in [0.3, 0.4) is 0 Å². The van der Waals surface area contributed by atoms with Crippen LogP contribution in [0.25, 0.3) is 0 Å². The number of nitrogens with two attached hydrogens (primary N) is 1. The first kappa shape index (κ1) is 12.1. The smallest absolute Gasteiger partial charge is 0.0244 e. The second kappa shape index (κ2) is 5.83. The maximum atomic E-state index is 5.69. The highest BCUT2D eigenvalue weighted by Crippen LogP contribution is 2.59. The van der Waals surface area contributed by atoms with E-state index in [4.69, 9.17) is 5.84 Å². The van der Waals surface area contributed by atoms with E-state index in [0.717, 1.165) is 24.2 Å². The molecule has 0 heterocycles. The van der Waals surface area contributed by atoms with Gasteiger partial charge in [0.15, 0.2) is 0 Å². The summed E-state index contributed by atoms with van der Waals surface area (Å²) in [7, 11) is 0. The summed E-state index contributed by atoms with van der Waals surface area (Å²) in [4.78, 5) is 0. The maximum Gasteiger partial charge on any atom is 0.0244 e. The number of hydrazine groups is 1. The summed E-state index contributed by atoms with van der Waals surface area (Å²) in [6.45, 7) is 3.75. The summed E-state index contributed by atoms with van der Waals surface area (Å²) in [6.07, 6.45) is 12.8. The molecule has 3 N–H and O–H groups in total. The molecular weight excluding hydrogens is 196 g/mol. The zero-order chi connectivity index (χ0) is 11.4. The van der Waals surface area contributed by atoms with Crippen LogP contribution in [0.5, 0.6) is 0 Å². The Morgan fingerprint density at radius 3 is 2.62 bits per heavy atom. The first-order valence-electron chi connectivity index (χ1n) is 6.95. The Kier molecular flexibility index (Phi) is 4.42. The van der Waals surface area contributed by atoms with Crippen molar-refractivity contribution in [1.29, 1.82) is 0 Å². The van der Waals surface area contributed by atoms with Crippen LogP contribution in [0.4, 0.5) is 0 Å². The van der Waals surface area contributed by atoms with E-state index in [1.807, 2.05) is 6.08 Å². The van der Waals surface area contributed by atoms with Crippen LogP contribution in [-0.2, 0) is 0 Å². The van der Waals surface area contributed by atoms with Crippen LogP contribution in [-0.4, -0.2) is 6.04 Å². The average molecular weight is 222 g/mol. The second-order valence-electron chi connectivity index (χ2n) is 5.54. The Morgan fingerprint density at radius 2 is 2.00 bits per heavy atom. The third-order valence-electron chi connectivity index (χ3n) is 4.57. The number of fused-ring (bicyclic) bond motifs is 1. The number of nitrogens with one attached hydrogen (secondary N) is 1. The first-order valence-corrected chi connectivity index (χ1v) is 6.95. The molecule has 0 spiro atoms. The third kappa shape index (κ3) is 2.67. The minimum Gasteiger partial charge on any atom is -0.271 e. The summed E-state index contributed by atoms with van der Waals surface area (Å²) < 4.78 is 0. The normalized spacial score (nSPS) is 33.4. The molecule has 2 rings (SSSR count). The van der Waals surface area contributed by atoms with Crippen molar-refractivity contribution in [3.05, 3.63) is 12.7 Å². The first-order chi connectivity index (χ1) is 7.88. The molecule has 3 atom stereocenters. The molecule has 0 aliphatic heterocycles. The Bertz CT molecular complexity index is 217. The van der Waals surface area contributed by atoms with Gasteiger partial charge in [-0.15, -0.1) is 6.58 Å². The molecule has 0 aromatic carbocycles. The van der Waals surface area contributed by atoms with Gasteiger partial charge in [0.2, 0.25) is 0 Å². The fourth-order valence-corrected chi connectivity index (χ4v) is 3.69. The van der Waals surface area contributed by atoms with E-state index in [9.17, 15) is 0 Å². The van der Waals surface area contributed by atoms with Gasteiger partial charge < -0.3 is 0 Å². The topological polar surface area (TPSA) is 38.0 Å². The minimum absolute atomic E-state index is 0.596. The number of unbranched alkanes of at least 4 members (excludes halogenated alkanes) is 3. The van der Waals surface area contributed by atoms with Gasteiger partial charge >= 0.3 is 0 Å². The van der Waals surface area contributed by atoms with Crippen molar-refractivity contribution in [2.75, 3.05) is 0 Å². The van der Waals surface area contributed by atoms with Crippen molar-refractivity contribution in [3.8, 4) is 0 Å². The molecule has 2 heteroatoms. The Balaban J connectivity index is 1.61. The van der Waals surface area contributed by atoms with E-state index >= 15 is 0 Å². The zero-order valence-corrected chi connectivity index (χ0v) is 10.3. The van der Waals surface area contributed by atoms with Crippen molar-refractivity contribution < 1.29 is 0 Å². The predicted molar refractivity (Wildman–Crippen MR) is 68.7 cm³/mol. The minimum atomic E-state index is 0.596. The van der Waals surface area contributed by atoms with Gasteiger partial charge in [0.25, 0.3) is 0 Å². The van der Waals surface area contributed by atoms with Gasteiger partial charge in [0, 0.05) is 6.04 Å². The van der Waals surface area contributed by atoms with Crippen molar-refractivity contribution in [2.24, 2.45) is 23.6 Å². The van der Waals surface area contributed by atoms with E-state index in [1.54, 1.807) is 0 Å². The van der Waals surface area contributed by atoms with Gasteiger partial charge in [-0.2, -0.15) is 0 Å². The fourth-order valence-electron chi connectivity index (χ4n) is 3.69. The highest BCUT2D eigenvalue weighted by molar-refractivity contribution is 5.05. The zero-order valence-electron chi connectivity index (χ0n) is 10.3. The van der Waals surface area contributed by atoms with Crippen molar-refractivity contribution >= 4 is 0 Å². The van der Waals surface area contributed by atoms with E-state index in [2.05, 4.69) is 12.0 Å². The molecule has 2 aliphatic carbocycles. The molecule has 2 nitrogen and oxygen atoms in total. The fraction of sp³-hybridized carbons (Fsp3) is 0.857. The molecule has 2 fully saturated rings. The highest BCUT2D eigenvalue weighted by Gasteiger charge is 2.55. The molecule has 2 aliphatic rings. The van der Waals surface area contributed by atoms with Crippen molar-refractivity contribution in [3.63, 3.8) is 0 Å². The quantitative estimate of drug-likeness (QED) is 0.287. The molecule has 16 heavy (non-hydrogen) atoms. The van der Waals surface area contributed by atoms with Gasteiger partial charge in [-0.1, -0.05) is 25.3 Å². The monoisotopic (exact) mass is 222 g/mol. The molecular formula is C14H26N2. The summed E-state index contributed by atoms with van der Waals surface area (Å²) in [6, 6.07) is 0.596. The van der Waals surface area contributed by atoms with E-state index in [1.165, 1.54) is 44.9 Å². The van der Waals surface area contributed by atoms with Crippen LogP contribution < -0.4 is 11.3 Å². The Hall–Kier alpha value is -0.340. The maximum absolute atomic E-state index is 5.69. The number of hydrogen-bond donors (Lipinski definition) is 2. The lowest BCUT2D eigenvalue weighted by Gasteiger charge is -2.17. The number of hydrogen-bond acceptors (Lipinski definition) is 2. The lowest BCUT2D eigenvalue weighted by molar-refractivity contribution is 0.378. The molecule has 0 saturated heterocycles. The lowest BCUT2D eigenvalue weighted by atomic mass is 9.99. The van der Waals surface area contributed by atoms with Crippen molar-refractivity contribution in [2.45, 2.75) is 57.4 Å². The molecule has 2 saturated carbocycles. The predicted octanol–water partition coefficient (Wildman–Crippen LogP) is 3.00. The van der Waals surface area contributed by atoms with Gasteiger partial charge in [-0.3, -0.25) is 11.3 Å². The van der Waals surface area contributed by atoms with Crippen molar-refractivity contribution in [1.82, 2.24) is 5.43 Å². The van der Waals surface area contributed by atoms with Crippen LogP contribution in [0.1, 0.15) is 51.4 Å². The van der Waals surface area contributed by atoms with Gasteiger partial charge in [-0.25, -0.2) is 0 Å². The molecule has 0 bridgehead atoms. The van der Waals surface area contributed by atoms with Crippen LogP contribution in [0, 0.1) is 17.8 Å². The van der Waals surface area contributed by atoms with E-state index in [-0.39, 0.29) is 0 Å². The molecule has 3 unspecified atom stereocenters. The summed E-state index contributed by atoms with van der Waals surface area (Å²) in [5.74, 6) is 8.65. The largest absolute Gasteiger partial charge is 0.271 e. The van der Waals surface area contributed by atoms with E-state index in [0.29, 0.717) is 6.04 Å². The lowest BCUT2D eigenvalue weighted by Crippen LogP contribution is -2.38. The second-order valence-corrected chi connectivity index (χ2v) is 5.54. The molecule has 92 valence electrons. The Labute approximate surface area is 99.6 Å². The molecule has 0 radical (unpaired) electrons. The van der Waals surface area contributed by atoms with Gasteiger partial charge in [0.05, 0.1) is 0 Å². The number of allylic oxidation sites excluding steroid dienone is 1. The number of rotatable bonds is 8. The van der Waals surface area contributed by atoms with Crippen LogP contribution in [0.15, 0.2) is 12.7 Å². The van der Waals surface area contributed by atoms with E-state index < -0.39 is 0 Å². The SMILES string of the molecule is C=CCCCCCC(NN)C1C2CCCC21. The molecule has 0 aromatic rings. The van der Waals surface area contributed by atoms with Crippen LogP contribution in [0.2, 0.25) is 0 Å². The Morgan fingerprint density at radius 1 is 1.25 bits per heavy atom. The summed E-state index contributed by atoms with van der Waals surface area (Å²) in [5.41, 5.74) is 3.06. The van der Waals surface area contributed by atoms with Gasteiger partial charge in [-0.05, 0) is 49.9 Å². The summed E-state index contributed by atoms with van der Waals surface area (Å²) in [5, 5.41) is 0. The average Bonchev–Trinajstić information content (AvgIpc) is 2.77. The third-order valence-corrected chi connectivity index (χ3v) is 4.57. The standard InChI is InChI=1S/C14H26N2/c1-2-3-4-5-6-10-13(16-15)14-11-8-7-9-12(11)14/h2,11-14,16H,1,3-10,15H2. The summed E-state index contributed by atoms with van der Waals surface area (Å²) >= 11 is 0. The molecule has 0 amide bonds. The van der Waals surface area contributed by atoms with Gasteiger partial charge in [0.1, 0.15) is 0 Å². The molecule has 0 aromatic heterocycles.